The first-order chi connectivity index (χ1) is 14.2. The van der Waals surface area contributed by atoms with Gasteiger partial charge in [0.05, 0.1) is 6.07 Å². The quantitative estimate of drug-likeness (QED) is 0.609. The molecular formula is C23H21N3O3. The van der Waals surface area contributed by atoms with Crippen LogP contribution in [0.2, 0.25) is 0 Å². The van der Waals surface area contributed by atoms with Crippen LogP contribution in [0.15, 0.2) is 72.8 Å². The maximum absolute atomic E-state index is 12.4. The first-order valence-electron chi connectivity index (χ1n) is 9.25. The van der Waals surface area contributed by atoms with E-state index in [1.54, 1.807) is 0 Å². The molecule has 0 fully saturated rings. The Morgan fingerprint density at radius 3 is 2.41 bits per heavy atom. The van der Waals surface area contributed by atoms with E-state index in [1.165, 1.54) is 0 Å². The Hall–Kier alpha value is -3.85. The third-order valence-corrected chi connectivity index (χ3v) is 4.42. The van der Waals surface area contributed by atoms with Gasteiger partial charge in [0.15, 0.2) is 0 Å². The molecule has 0 heterocycles. The van der Waals surface area contributed by atoms with Gasteiger partial charge in [-0.15, -0.1) is 0 Å². The number of carbonyl (C=O) groups is 2. The maximum Gasteiger partial charge on any atom is 0.408 e. The normalized spacial score (nSPS) is 11.3. The van der Waals surface area contributed by atoms with Crippen molar-refractivity contribution in [3.05, 3.63) is 83.9 Å². The van der Waals surface area contributed by atoms with Crippen molar-refractivity contribution in [3.63, 3.8) is 0 Å². The number of fused-ring (bicyclic) bond motifs is 1. The van der Waals surface area contributed by atoms with Crippen LogP contribution in [0.5, 0.6) is 0 Å². The van der Waals surface area contributed by atoms with E-state index in [0.717, 1.165) is 21.9 Å². The molecule has 29 heavy (non-hydrogen) atoms. The van der Waals surface area contributed by atoms with Crippen LogP contribution in [0.4, 0.5) is 4.79 Å². The van der Waals surface area contributed by atoms with Crippen LogP contribution in [-0.2, 0) is 22.6 Å². The molecule has 0 unspecified atom stereocenters. The van der Waals surface area contributed by atoms with Gasteiger partial charge in [-0.05, 0) is 21.9 Å². The standard InChI is InChI=1S/C23H21N3O3/c24-12-13-25-22(27)21(26-23(28)29-16-17-6-2-1-3-7-17)15-18-10-11-19-8-4-5-9-20(19)14-18/h1-11,14,21H,13,15-16H2,(H,25,27)(H,26,28)/t21-/m0/s1. The molecule has 0 radical (unpaired) electrons. The summed E-state index contributed by atoms with van der Waals surface area (Å²) in [7, 11) is 0. The number of benzene rings is 3. The molecule has 0 aliphatic rings. The van der Waals surface area contributed by atoms with Gasteiger partial charge in [0.25, 0.3) is 0 Å². The Balaban J connectivity index is 1.68. The zero-order chi connectivity index (χ0) is 20.5. The summed E-state index contributed by atoms with van der Waals surface area (Å²) >= 11 is 0. The van der Waals surface area contributed by atoms with Crippen LogP contribution in [0.25, 0.3) is 10.8 Å². The van der Waals surface area contributed by atoms with Crippen LogP contribution >= 0.6 is 0 Å². The van der Waals surface area contributed by atoms with Gasteiger partial charge in [0.1, 0.15) is 19.2 Å². The largest absolute Gasteiger partial charge is 0.445 e. The number of carbonyl (C=O) groups excluding carboxylic acids is 2. The molecule has 1 atom stereocenters. The second-order valence-electron chi connectivity index (χ2n) is 6.52. The highest BCUT2D eigenvalue weighted by Crippen LogP contribution is 2.17. The summed E-state index contributed by atoms with van der Waals surface area (Å²) in [6, 6.07) is 24.1. The fourth-order valence-corrected chi connectivity index (χ4v) is 2.97. The lowest BCUT2D eigenvalue weighted by molar-refractivity contribution is -0.122. The van der Waals surface area contributed by atoms with E-state index in [1.807, 2.05) is 78.9 Å². The number of hydrogen-bond donors (Lipinski definition) is 2. The summed E-state index contributed by atoms with van der Waals surface area (Å²) in [5.74, 6) is -0.434. The highest BCUT2D eigenvalue weighted by molar-refractivity contribution is 5.87. The Morgan fingerprint density at radius 2 is 1.66 bits per heavy atom. The molecule has 0 aliphatic heterocycles. The lowest BCUT2D eigenvalue weighted by Gasteiger charge is -2.18. The average molecular weight is 387 g/mol. The molecule has 3 aromatic rings. The van der Waals surface area contributed by atoms with Gasteiger partial charge in [0.2, 0.25) is 5.91 Å². The summed E-state index contributed by atoms with van der Waals surface area (Å²) in [5.41, 5.74) is 1.74. The first-order valence-corrected chi connectivity index (χ1v) is 9.25. The average Bonchev–Trinajstić information content (AvgIpc) is 2.76. The molecule has 3 aromatic carbocycles. The predicted molar refractivity (Wildman–Crippen MR) is 110 cm³/mol. The Labute approximate surface area is 169 Å². The van der Waals surface area contributed by atoms with Crippen LogP contribution in [-0.4, -0.2) is 24.6 Å². The second-order valence-corrected chi connectivity index (χ2v) is 6.52. The highest BCUT2D eigenvalue weighted by atomic mass is 16.5. The maximum atomic E-state index is 12.4. The third kappa shape index (κ3) is 5.81. The van der Waals surface area contributed by atoms with E-state index in [4.69, 9.17) is 10.00 Å². The van der Waals surface area contributed by atoms with E-state index >= 15 is 0 Å². The molecule has 0 spiro atoms. The van der Waals surface area contributed by atoms with Gasteiger partial charge < -0.3 is 15.4 Å². The summed E-state index contributed by atoms with van der Waals surface area (Å²) in [6.07, 6.45) is -0.408. The van der Waals surface area contributed by atoms with Gasteiger partial charge in [-0.1, -0.05) is 72.8 Å². The van der Waals surface area contributed by atoms with Crippen molar-refractivity contribution in [1.29, 1.82) is 5.26 Å². The number of rotatable bonds is 7. The van der Waals surface area contributed by atoms with Crippen LogP contribution in [0, 0.1) is 11.3 Å². The van der Waals surface area contributed by atoms with Gasteiger partial charge in [-0.25, -0.2) is 4.79 Å². The number of alkyl carbamates (subject to hydrolysis) is 1. The minimum atomic E-state index is -0.854. The van der Waals surface area contributed by atoms with Crippen molar-refractivity contribution in [3.8, 4) is 6.07 Å². The summed E-state index contributed by atoms with van der Waals surface area (Å²) in [4.78, 5) is 24.7. The third-order valence-electron chi connectivity index (χ3n) is 4.42. The van der Waals surface area contributed by atoms with E-state index in [-0.39, 0.29) is 19.6 Å². The second kappa shape index (κ2) is 9.90. The number of hydrogen-bond acceptors (Lipinski definition) is 4. The van der Waals surface area contributed by atoms with Gasteiger partial charge in [0, 0.05) is 6.42 Å². The molecule has 2 amide bonds. The van der Waals surface area contributed by atoms with Gasteiger partial charge in [-0.2, -0.15) is 5.26 Å². The first kappa shape index (κ1) is 19.9. The van der Waals surface area contributed by atoms with Crippen molar-refractivity contribution in [1.82, 2.24) is 10.6 Å². The molecule has 6 heteroatoms. The molecule has 2 N–H and O–H groups in total. The van der Waals surface area contributed by atoms with Gasteiger partial charge in [-0.3, -0.25) is 4.79 Å². The molecule has 3 rings (SSSR count). The fourth-order valence-electron chi connectivity index (χ4n) is 2.97. The number of amides is 2. The Kier molecular flexibility index (Phi) is 6.80. The number of ether oxygens (including phenoxy) is 1. The summed E-state index contributed by atoms with van der Waals surface area (Å²) < 4.78 is 5.23. The molecule has 146 valence electrons. The van der Waals surface area contributed by atoms with E-state index in [0.29, 0.717) is 0 Å². The van der Waals surface area contributed by atoms with E-state index < -0.39 is 18.0 Å². The summed E-state index contributed by atoms with van der Waals surface area (Å²) in [5, 5.41) is 16.0. The minimum absolute atomic E-state index is 0.106. The molecule has 0 saturated carbocycles. The summed E-state index contributed by atoms with van der Waals surface area (Å²) in [6.45, 7) is -0.0248. The SMILES string of the molecule is N#CCNC(=O)[C@H](Cc1ccc2ccccc2c1)NC(=O)OCc1ccccc1. The smallest absolute Gasteiger partial charge is 0.408 e. The molecule has 6 nitrogen and oxygen atoms in total. The lowest BCUT2D eigenvalue weighted by atomic mass is 10.0. The van der Waals surface area contributed by atoms with Crippen molar-refractivity contribution >= 4 is 22.8 Å². The minimum Gasteiger partial charge on any atom is -0.445 e. The van der Waals surface area contributed by atoms with Crippen molar-refractivity contribution in [2.24, 2.45) is 0 Å². The molecular weight excluding hydrogens is 366 g/mol. The van der Waals surface area contributed by atoms with E-state index in [2.05, 4.69) is 10.6 Å². The molecule has 0 aromatic heterocycles. The van der Waals surface area contributed by atoms with Crippen molar-refractivity contribution in [2.75, 3.05) is 6.54 Å². The van der Waals surface area contributed by atoms with Crippen molar-refractivity contribution < 1.29 is 14.3 Å². The Bertz CT molecular complexity index is 1030. The molecule has 0 aliphatic carbocycles. The highest BCUT2D eigenvalue weighted by Gasteiger charge is 2.22. The topological polar surface area (TPSA) is 91.2 Å². The van der Waals surface area contributed by atoms with Crippen LogP contribution in [0.3, 0.4) is 0 Å². The van der Waals surface area contributed by atoms with E-state index in [9.17, 15) is 9.59 Å². The predicted octanol–water partition coefficient (Wildman–Crippen LogP) is 3.32. The number of nitrogens with zero attached hydrogens (tertiary/aromatic N) is 1. The Morgan fingerprint density at radius 1 is 0.931 bits per heavy atom. The number of nitriles is 1. The van der Waals surface area contributed by atoms with Crippen molar-refractivity contribution in [2.45, 2.75) is 19.1 Å². The lowest BCUT2D eigenvalue weighted by Crippen LogP contribution is -2.48. The number of nitrogens with one attached hydrogen (secondary N) is 2. The van der Waals surface area contributed by atoms with Crippen LogP contribution < -0.4 is 10.6 Å². The van der Waals surface area contributed by atoms with Crippen LogP contribution in [0.1, 0.15) is 11.1 Å². The zero-order valence-electron chi connectivity index (χ0n) is 15.8. The zero-order valence-corrected chi connectivity index (χ0v) is 15.8. The molecule has 0 bridgehead atoms. The monoisotopic (exact) mass is 387 g/mol. The molecule has 0 saturated heterocycles. The fraction of sp³-hybridized carbons (Fsp3) is 0.174. The van der Waals surface area contributed by atoms with Gasteiger partial charge >= 0.3 is 6.09 Å².